The highest BCUT2D eigenvalue weighted by Crippen LogP contribution is 2.38. The lowest BCUT2D eigenvalue weighted by Crippen LogP contribution is -2.54. The normalized spacial score (nSPS) is 11.7. The van der Waals surface area contributed by atoms with Crippen LogP contribution in [0.25, 0.3) is 12.2 Å². The molecule has 0 fully saturated rings. The second-order valence-corrected chi connectivity index (χ2v) is 12.7. The molecule has 3 aromatic rings. The summed E-state index contributed by atoms with van der Waals surface area (Å²) in [5.41, 5.74) is 24.1. The summed E-state index contributed by atoms with van der Waals surface area (Å²) in [5.74, 6) is -0.324. The molecule has 0 aliphatic carbocycles. The second kappa shape index (κ2) is 23.8. The quantitative estimate of drug-likeness (QED) is 0.0295. The predicted molar refractivity (Wildman–Crippen MR) is 224 cm³/mol. The molecule has 2 atom stereocenters. The van der Waals surface area contributed by atoms with Gasteiger partial charge < -0.3 is 63.1 Å². The van der Waals surface area contributed by atoms with Crippen LogP contribution in [-0.2, 0) is 14.4 Å². The van der Waals surface area contributed by atoms with Gasteiger partial charge in [0.1, 0.15) is 17.8 Å². The van der Waals surface area contributed by atoms with E-state index in [2.05, 4.69) is 31.3 Å². The van der Waals surface area contributed by atoms with Crippen LogP contribution in [0, 0.1) is 0 Å². The fourth-order valence-corrected chi connectivity index (χ4v) is 5.60. The average molecular weight is 803 g/mol. The zero-order valence-electron chi connectivity index (χ0n) is 33.2. The Kier molecular flexibility index (Phi) is 18.7. The number of methoxy groups -OCH3 is 4. The van der Waals surface area contributed by atoms with E-state index in [1.807, 2.05) is 18.2 Å². The number of amides is 4. The Morgan fingerprint density at radius 1 is 0.672 bits per heavy atom. The van der Waals surface area contributed by atoms with Gasteiger partial charge in [0, 0.05) is 31.6 Å². The van der Waals surface area contributed by atoms with Gasteiger partial charge in [-0.05, 0) is 73.2 Å². The van der Waals surface area contributed by atoms with Crippen LogP contribution in [0.2, 0.25) is 0 Å². The molecule has 3 rings (SSSR count). The molecule has 0 unspecified atom stereocenters. The molecule has 12 N–H and O–H groups in total. The highest BCUT2D eigenvalue weighted by Gasteiger charge is 2.27. The Balaban J connectivity index is 1.69. The van der Waals surface area contributed by atoms with Gasteiger partial charge in [-0.2, -0.15) is 0 Å². The molecular formula is C40H54N10O8. The Labute approximate surface area is 337 Å². The van der Waals surface area contributed by atoms with Crippen molar-refractivity contribution in [1.82, 2.24) is 16.0 Å². The van der Waals surface area contributed by atoms with Gasteiger partial charge in [-0.3, -0.25) is 29.2 Å². The van der Waals surface area contributed by atoms with E-state index in [9.17, 15) is 19.2 Å². The summed E-state index contributed by atoms with van der Waals surface area (Å²) in [4.78, 5) is 61.1. The fraction of sp³-hybridized carbons (Fsp3) is 0.350. The van der Waals surface area contributed by atoms with Crippen LogP contribution in [0.5, 0.6) is 23.0 Å². The lowest BCUT2D eigenvalue weighted by Gasteiger charge is -2.23. The summed E-state index contributed by atoms with van der Waals surface area (Å²) < 4.78 is 21.8. The second-order valence-electron chi connectivity index (χ2n) is 12.7. The zero-order chi connectivity index (χ0) is 42.5. The van der Waals surface area contributed by atoms with Crippen molar-refractivity contribution in [3.63, 3.8) is 0 Å². The molecule has 0 aliphatic heterocycles. The molecule has 0 radical (unpaired) electrons. The Hall–Kier alpha value is -6.98. The minimum atomic E-state index is -1.05. The molecule has 0 spiro atoms. The molecular weight excluding hydrogens is 749 g/mol. The third kappa shape index (κ3) is 14.9. The van der Waals surface area contributed by atoms with Crippen LogP contribution >= 0.6 is 0 Å². The van der Waals surface area contributed by atoms with E-state index in [0.29, 0.717) is 47.1 Å². The maximum Gasteiger partial charge on any atom is 0.251 e. The summed E-state index contributed by atoms with van der Waals surface area (Å²) in [6, 6.07) is 15.2. The topological polar surface area (TPSA) is 282 Å². The summed E-state index contributed by atoms with van der Waals surface area (Å²) in [6.07, 6.45) is 4.63. The lowest BCUT2D eigenvalue weighted by molar-refractivity contribution is -0.130. The molecule has 0 heterocycles. The van der Waals surface area contributed by atoms with E-state index in [4.69, 9.17) is 41.9 Å². The van der Waals surface area contributed by atoms with Crippen LogP contribution in [0.1, 0.15) is 53.6 Å². The van der Waals surface area contributed by atoms with E-state index >= 15 is 0 Å². The van der Waals surface area contributed by atoms with Gasteiger partial charge >= 0.3 is 0 Å². The molecule has 0 bridgehead atoms. The number of hydrogen-bond donors (Lipinski definition) is 8. The van der Waals surface area contributed by atoms with Crippen LogP contribution in [0.3, 0.4) is 0 Å². The van der Waals surface area contributed by atoms with Gasteiger partial charge in [-0.25, -0.2) is 0 Å². The van der Waals surface area contributed by atoms with Crippen molar-refractivity contribution in [2.24, 2.45) is 32.9 Å². The number of aliphatic imine (C=N–C) groups is 2. The lowest BCUT2D eigenvalue weighted by atomic mass is 10.1. The van der Waals surface area contributed by atoms with Gasteiger partial charge in [0.15, 0.2) is 23.4 Å². The monoisotopic (exact) mass is 802 g/mol. The molecule has 0 aromatic heterocycles. The summed E-state index contributed by atoms with van der Waals surface area (Å²) in [5, 5.41) is 11.1. The smallest absolute Gasteiger partial charge is 0.251 e. The number of hydrogen-bond acceptors (Lipinski definition) is 10. The number of ether oxygens (including phenoxy) is 4. The van der Waals surface area contributed by atoms with E-state index in [1.54, 1.807) is 54.6 Å². The Morgan fingerprint density at radius 2 is 1.24 bits per heavy atom. The Bertz CT molecular complexity index is 1900. The largest absolute Gasteiger partial charge is 0.495 e. The third-order valence-electron chi connectivity index (χ3n) is 8.49. The molecule has 3 aromatic carbocycles. The van der Waals surface area contributed by atoms with Gasteiger partial charge in [0.2, 0.25) is 23.5 Å². The molecule has 18 nitrogen and oxygen atoms in total. The van der Waals surface area contributed by atoms with Crippen molar-refractivity contribution < 1.29 is 38.1 Å². The van der Waals surface area contributed by atoms with E-state index in [1.165, 1.54) is 28.4 Å². The summed E-state index contributed by atoms with van der Waals surface area (Å²) in [7, 11) is 6.09. The van der Waals surface area contributed by atoms with Gasteiger partial charge in [0.25, 0.3) is 5.91 Å². The molecule has 0 saturated heterocycles. The minimum Gasteiger partial charge on any atom is -0.495 e. The number of nitrogens with two attached hydrogens (primary N) is 4. The number of carbonyl (C=O) groups excluding carboxylic acids is 4. The number of anilines is 1. The van der Waals surface area contributed by atoms with Crippen LogP contribution < -0.4 is 63.1 Å². The van der Waals surface area contributed by atoms with Gasteiger partial charge in [0.05, 0.1) is 34.1 Å². The van der Waals surface area contributed by atoms with Crippen molar-refractivity contribution in [1.29, 1.82) is 0 Å². The fourth-order valence-electron chi connectivity index (χ4n) is 5.60. The van der Waals surface area contributed by atoms with E-state index < -0.39 is 35.7 Å². The molecule has 4 amide bonds. The molecule has 312 valence electrons. The number of nitrogens with zero attached hydrogens (tertiary/aromatic N) is 2. The summed E-state index contributed by atoms with van der Waals surface area (Å²) >= 11 is 0. The SMILES string of the molecule is COc1ccc(/C=C\c2cc(OC)c(OC)c(OC)c2)cc1NC(=O)CCNC(=O)[C@H](CCCN=C(N)N)NC(=O)[C@H](CCCN=C(N)N)NC(=O)c1ccccc1. The van der Waals surface area contributed by atoms with E-state index in [0.717, 1.165) is 11.1 Å². The minimum absolute atomic E-state index is 0.0549. The Morgan fingerprint density at radius 3 is 1.79 bits per heavy atom. The van der Waals surface area contributed by atoms with Crippen LogP contribution in [0.15, 0.2) is 70.6 Å². The highest BCUT2D eigenvalue weighted by molar-refractivity contribution is 5.98. The highest BCUT2D eigenvalue weighted by atomic mass is 16.5. The average Bonchev–Trinajstić information content (AvgIpc) is 3.21. The number of nitrogens with one attached hydrogen (secondary N) is 4. The molecule has 18 heteroatoms. The van der Waals surface area contributed by atoms with Crippen molar-refractivity contribution in [2.75, 3.05) is 53.4 Å². The predicted octanol–water partition coefficient (Wildman–Crippen LogP) is 1.73. The first-order chi connectivity index (χ1) is 27.9. The van der Waals surface area contributed by atoms with Gasteiger partial charge in [-0.15, -0.1) is 0 Å². The van der Waals surface area contributed by atoms with E-state index in [-0.39, 0.29) is 50.8 Å². The van der Waals surface area contributed by atoms with Crippen LogP contribution in [-0.4, -0.2) is 95.7 Å². The number of guanidine groups is 2. The number of benzene rings is 3. The van der Waals surface area contributed by atoms with Crippen molar-refractivity contribution >= 4 is 53.4 Å². The van der Waals surface area contributed by atoms with Crippen LogP contribution in [0.4, 0.5) is 5.69 Å². The van der Waals surface area contributed by atoms with Crippen molar-refractivity contribution in [3.8, 4) is 23.0 Å². The molecule has 0 saturated carbocycles. The maximum absolute atomic E-state index is 13.6. The summed E-state index contributed by atoms with van der Waals surface area (Å²) in [6.45, 7) is 0.371. The van der Waals surface area contributed by atoms with Gasteiger partial charge in [-0.1, -0.05) is 36.4 Å². The molecule has 0 aliphatic rings. The molecule has 58 heavy (non-hydrogen) atoms. The number of carbonyl (C=O) groups is 4. The first kappa shape index (κ1) is 45.4. The first-order valence-electron chi connectivity index (χ1n) is 18.4. The van der Waals surface area contributed by atoms with Crippen molar-refractivity contribution in [3.05, 3.63) is 77.4 Å². The van der Waals surface area contributed by atoms with Crippen molar-refractivity contribution in [2.45, 2.75) is 44.2 Å². The first-order valence-corrected chi connectivity index (χ1v) is 18.4. The third-order valence-corrected chi connectivity index (χ3v) is 8.49. The maximum atomic E-state index is 13.6. The zero-order valence-corrected chi connectivity index (χ0v) is 33.2. The standard InChI is InChI=1S/C40H54N10O8/c1-55-31-17-16-25(14-15-26-23-32(56-2)35(58-4)33(24-26)57-3)22-30(31)48-34(51)18-21-45-37(53)28(12-8-19-46-39(41)42)50-38(54)29(13-9-20-47-40(43)44)49-36(52)27-10-6-5-7-11-27/h5-7,10-11,14-17,22-24,28-29H,8-9,12-13,18-21H2,1-4H3,(H,45,53)(H,48,51)(H,49,52)(H,50,54)(H4,41,42,46)(H4,43,44,47)/b15-14-/t28-,29-/m0/s1. The number of rotatable bonds is 23.